The molecule has 0 bridgehead atoms. The monoisotopic (exact) mass is 632 g/mol. The van der Waals surface area contributed by atoms with Crippen LogP contribution in [0.5, 0.6) is 0 Å². The van der Waals surface area contributed by atoms with E-state index in [1.807, 2.05) is 80.6 Å². The molecule has 1 unspecified atom stereocenters. The first-order valence-electron chi connectivity index (χ1n) is 14.7. The third kappa shape index (κ3) is 9.27. The molecule has 0 saturated carbocycles. The SMILES string of the molecule is CC(NC[C@@H](O)[C@H](Cc1ccccc1)NC(=O)c1cc(C(=O)N[C@@H](C)c2ccccc2)cc(N(C)S(C)(=O)=O)c1)c1ccco1. The van der Waals surface area contributed by atoms with E-state index in [0.717, 1.165) is 21.7 Å². The van der Waals surface area contributed by atoms with Crippen molar-refractivity contribution in [2.45, 2.75) is 44.5 Å². The lowest BCUT2D eigenvalue weighted by atomic mass is 9.99. The summed E-state index contributed by atoms with van der Waals surface area (Å²) in [5.41, 5.74) is 2.13. The van der Waals surface area contributed by atoms with Crippen LogP contribution in [0.4, 0.5) is 5.69 Å². The fourth-order valence-electron chi connectivity index (χ4n) is 4.83. The molecule has 10 nitrogen and oxygen atoms in total. The molecule has 0 aliphatic heterocycles. The quantitative estimate of drug-likeness (QED) is 0.163. The Morgan fingerprint density at radius 2 is 1.44 bits per heavy atom. The molecular weight excluding hydrogens is 592 g/mol. The molecule has 4 rings (SSSR count). The summed E-state index contributed by atoms with van der Waals surface area (Å²) in [6, 6.07) is 25.5. The summed E-state index contributed by atoms with van der Waals surface area (Å²) in [5.74, 6) is -0.325. The van der Waals surface area contributed by atoms with Crippen LogP contribution >= 0.6 is 0 Å². The number of nitrogens with one attached hydrogen (secondary N) is 3. The first-order valence-corrected chi connectivity index (χ1v) is 16.5. The van der Waals surface area contributed by atoms with Crippen molar-refractivity contribution < 1.29 is 27.5 Å². The average Bonchev–Trinajstić information content (AvgIpc) is 3.58. The lowest BCUT2D eigenvalue weighted by Gasteiger charge is -2.26. The van der Waals surface area contributed by atoms with Gasteiger partial charge in [0.05, 0.1) is 42.4 Å². The summed E-state index contributed by atoms with van der Waals surface area (Å²) in [6.07, 6.45) is 1.95. The zero-order valence-corrected chi connectivity index (χ0v) is 26.6. The smallest absolute Gasteiger partial charge is 0.251 e. The highest BCUT2D eigenvalue weighted by molar-refractivity contribution is 7.92. The van der Waals surface area contributed by atoms with E-state index in [2.05, 4.69) is 16.0 Å². The highest BCUT2D eigenvalue weighted by Gasteiger charge is 2.25. The molecule has 45 heavy (non-hydrogen) atoms. The summed E-state index contributed by atoms with van der Waals surface area (Å²) in [6.45, 7) is 3.90. The minimum atomic E-state index is -3.70. The summed E-state index contributed by atoms with van der Waals surface area (Å²) in [4.78, 5) is 27.1. The van der Waals surface area contributed by atoms with Gasteiger partial charge >= 0.3 is 0 Å². The van der Waals surface area contributed by atoms with Crippen molar-refractivity contribution in [1.82, 2.24) is 16.0 Å². The Morgan fingerprint density at radius 3 is 2.02 bits per heavy atom. The van der Waals surface area contributed by atoms with Gasteiger partial charge in [0, 0.05) is 24.7 Å². The normalized spacial score (nSPS) is 14.2. The van der Waals surface area contributed by atoms with Gasteiger partial charge in [-0.05, 0) is 61.7 Å². The van der Waals surface area contributed by atoms with E-state index in [9.17, 15) is 23.1 Å². The molecule has 1 aromatic heterocycles. The number of carbonyl (C=O) groups is 2. The van der Waals surface area contributed by atoms with Gasteiger partial charge in [-0.3, -0.25) is 13.9 Å². The van der Waals surface area contributed by atoms with Crippen molar-refractivity contribution in [2.75, 3.05) is 24.2 Å². The van der Waals surface area contributed by atoms with Crippen LogP contribution in [-0.4, -0.2) is 57.3 Å². The predicted molar refractivity (Wildman–Crippen MR) is 175 cm³/mol. The summed E-state index contributed by atoms with van der Waals surface area (Å²) in [7, 11) is -2.35. The maximum atomic E-state index is 13.8. The van der Waals surface area contributed by atoms with Crippen molar-refractivity contribution in [3.05, 3.63) is 125 Å². The van der Waals surface area contributed by atoms with Crippen LogP contribution in [0.2, 0.25) is 0 Å². The molecule has 0 aliphatic rings. The van der Waals surface area contributed by atoms with Crippen LogP contribution in [0.15, 0.2) is 102 Å². The molecule has 2 amide bonds. The number of hydrogen-bond donors (Lipinski definition) is 4. The molecule has 1 heterocycles. The Kier molecular flexibility index (Phi) is 11.2. The fraction of sp³-hybridized carbons (Fsp3) is 0.294. The van der Waals surface area contributed by atoms with Gasteiger partial charge in [-0.25, -0.2) is 8.42 Å². The summed E-state index contributed by atoms with van der Waals surface area (Å²) >= 11 is 0. The Bertz CT molecular complexity index is 1660. The zero-order valence-electron chi connectivity index (χ0n) is 25.8. The molecule has 4 atom stereocenters. The summed E-state index contributed by atoms with van der Waals surface area (Å²) < 4.78 is 31.3. The molecule has 0 radical (unpaired) electrons. The third-order valence-electron chi connectivity index (χ3n) is 7.63. The number of aliphatic hydroxyl groups excluding tert-OH is 1. The minimum absolute atomic E-state index is 0.0719. The Labute approximate surface area is 264 Å². The van der Waals surface area contributed by atoms with Gasteiger partial charge in [0.15, 0.2) is 0 Å². The van der Waals surface area contributed by atoms with Crippen LogP contribution in [0.3, 0.4) is 0 Å². The molecule has 0 spiro atoms. The second-order valence-electron chi connectivity index (χ2n) is 11.1. The van der Waals surface area contributed by atoms with Gasteiger partial charge in [0.25, 0.3) is 11.8 Å². The van der Waals surface area contributed by atoms with Crippen LogP contribution in [0.1, 0.15) is 63.5 Å². The van der Waals surface area contributed by atoms with Crippen molar-refractivity contribution in [3.63, 3.8) is 0 Å². The standard InChI is InChI=1S/C34H40N4O6S/c1-23(26-14-9-6-10-15-26)36-33(40)27-19-28(21-29(20-27)38(3)45(4,42)43)34(41)37-30(18-25-12-7-5-8-13-25)31(39)22-35-24(2)32-16-11-17-44-32/h5-17,19-21,23-24,30-31,35,39H,18,22H2,1-4H3,(H,36,40)(H,37,41)/t23-,24?,30-,31+/m0/s1. The van der Waals surface area contributed by atoms with E-state index in [4.69, 9.17) is 4.42 Å². The molecule has 0 aliphatic carbocycles. The number of anilines is 1. The number of hydrogen-bond acceptors (Lipinski definition) is 7. The largest absolute Gasteiger partial charge is 0.468 e. The number of carbonyl (C=O) groups excluding carboxylic acids is 2. The van der Waals surface area contributed by atoms with E-state index in [1.165, 1.54) is 25.2 Å². The molecule has 0 saturated heterocycles. The lowest BCUT2D eigenvalue weighted by molar-refractivity contribution is 0.0824. The van der Waals surface area contributed by atoms with E-state index < -0.39 is 34.0 Å². The van der Waals surface area contributed by atoms with Crippen LogP contribution in [0, 0.1) is 0 Å². The van der Waals surface area contributed by atoms with Gasteiger partial charge in [-0.15, -0.1) is 0 Å². The lowest BCUT2D eigenvalue weighted by Crippen LogP contribution is -2.49. The highest BCUT2D eigenvalue weighted by atomic mass is 32.2. The average molecular weight is 633 g/mol. The topological polar surface area (TPSA) is 141 Å². The Hall–Kier alpha value is -4.45. The minimum Gasteiger partial charge on any atom is -0.468 e. The van der Waals surface area contributed by atoms with Gasteiger partial charge in [-0.2, -0.15) is 0 Å². The molecule has 238 valence electrons. The van der Waals surface area contributed by atoms with Crippen molar-refractivity contribution in [3.8, 4) is 0 Å². The number of furan rings is 1. The number of benzene rings is 3. The first kappa shape index (κ1) is 33.4. The van der Waals surface area contributed by atoms with Crippen molar-refractivity contribution in [1.29, 1.82) is 0 Å². The van der Waals surface area contributed by atoms with Gasteiger partial charge < -0.3 is 25.5 Å². The Morgan fingerprint density at radius 1 is 0.844 bits per heavy atom. The Balaban J connectivity index is 1.60. The second kappa shape index (κ2) is 15.0. The zero-order chi connectivity index (χ0) is 32.6. The number of nitrogens with zero attached hydrogens (tertiary/aromatic N) is 1. The van der Waals surface area contributed by atoms with E-state index in [0.29, 0.717) is 12.2 Å². The first-order chi connectivity index (χ1) is 21.4. The highest BCUT2D eigenvalue weighted by Crippen LogP contribution is 2.22. The van der Waals surface area contributed by atoms with Gasteiger partial charge in [0.2, 0.25) is 10.0 Å². The van der Waals surface area contributed by atoms with Crippen molar-refractivity contribution in [2.24, 2.45) is 0 Å². The van der Waals surface area contributed by atoms with E-state index in [1.54, 1.807) is 12.3 Å². The van der Waals surface area contributed by atoms with Crippen LogP contribution in [-0.2, 0) is 16.4 Å². The second-order valence-corrected chi connectivity index (χ2v) is 13.1. The maximum absolute atomic E-state index is 13.8. The molecule has 11 heteroatoms. The number of rotatable bonds is 14. The molecule has 4 aromatic rings. The van der Waals surface area contributed by atoms with Crippen LogP contribution < -0.4 is 20.3 Å². The van der Waals surface area contributed by atoms with Gasteiger partial charge in [-0.1, -0.05) is 60.7 Å². The predicted octanol–water partition coefficient (Wildman–Crippen LogP) is 4.22. The van der Waals surface area contributed by atoms with E-state index in [-0.39, 0.29) is 35.4 Å². The third-order valence-corrected chi connectivity index (χ3v) is 8.84. The van der Waals surface area contributed by atoms with Crippen molar-refractivity contribution >= 4 is 27.5 Å². The summed E-state index contributed by atoms with van der Waals surface area (Å²) in [5, 5.41) is 20.3. The molecule has 3 aromatic carbocycles. The molecular formula is C34H40N4O6S. The number of sulfonamides is 1. The van der Waals surface area contributed by atoms with Gasteiger partial charge in [0.1, 0.15) is 5.76 Å². The maximum Gasteiger partial charge on any atom is 0.251 e. The van der Waals surface area contributed by atoms with Crippen LogP contribution in [0.25, 0.3) is 0 Å². The van der Waals surface area contributed by atoms with E-state index >= 15 is 0 Å². The number of amides is 2. The number of aliphatic hydroxyl groups is 1. The fourth-order valence-corrected chi connectivity index (χ4v) is 5.32. The molecule has 4 N–H and O–H groups in total. The molecule has 0 fully saturated rings.